The average molecular weight is 762 g/mol. The molecule has 0 saturated carbocycles. The SMILES string of the molecule is COOC1COC[C@H](O[C@@H]2OC(CO)C(O)C(C)C2NC(C)=O)[C@H](C(=O)OCCOCCOCCOCCOc2ccc(C(=O)C(C)(C)O)cc2)OC1. The molecular formula is C35H55NO17. The molecule has 8 atom stereocenters. The van der Waals surface area contributed by atoms with Crippen LogP contribution in [0.4, 0.5) is 0 Å². The van der Waals surface area contributed by atoms with Crippen LogP contribution in [0.1, 0.15) is 38.1 Å². The summed E-state index contributed by atoms with van der Waals surface area (Å²) >= 11 is 0. The number of amides is 1. The normalized spacial score (nSPS) is 26.6. The molecule has 2 aliphatic rings. The van der Waals surface area contributed by atoms with Gasteiger partial charge in [0.05, 0.1) is 85.3 Å². The lowest BCUT2D eigenvalue weighted by atomic mass is 9.88. The van der Waals surface area contributed by atoms with E-state index in [4.69, 9.17) is 52.4 Å². The van der Waals surface area contributed by atoms with Gasteiger partial charge >= 0.3 is 5.97 Å². The molecule has 0 bridgehead atoms. The van der Waals surface area contributed by atoms with Gasteiger partial charge in [-0.2, -0.15) is 0 Å². The summed E-state index contributed by atoms with van der Waals surface area (Å²) in [5.74, 6) is -1.53. The van der Waals surface area contributed by atoms with Crippen LogP contribution in [0.2, 0.25) is 0 Å². The third-order valence-electron chi connectivity index (χ3n) is 8.18. The van der Waals surface area contributed by atoms with Crippen LogP contribution >= 0.6 is 0 Å². The van der Waals surface area contributed by atoms with Crippen molar-refractivity contribution >= 4 is 17.7 Å². The van der Waals surface area contributed by atoms with Crippen LogP contribution in [0.5, 0.6) is 5.75 Å². The molecule has 4 N–H and O–H groups in total. The zero-order valence-corrected chi connectivity index (χ0v) is 31.0. The van der Waals surface area contributed by atoms with Crippen molar-refractivity contribution in [3.05, 3.63) is 29.8 Å². The number of aliphatic hydroxyl groups is 3. The van der Waals surface area contributed by atoms with E-state index >= 15 is 0 Å². The van der Waals surface area contributed by atoms with Crippen molar-refractivity contribution in [2.45, 2.75) is 76.1 Å². The summed E-state index contributed by atoms with van der Waals surface area (Å²) in [5.41, 5.74) is -1.05. The molecule has 0 spiro atoms. The van der Waals surface area contributed by atoms with E-state index in [1.807, 2.05) is 0 Å². The molecule has 302 valence electrons. The maximum absolute atomic E-state index is 13.2. The van der Waals surface area contributed by atoms with Crippen molar-refractivity contribution in [3.63, 3.8) is 0 Å². The summed E-state index contributed by atoms with van der Waals surface area (Å²) in [6.07, 6.45) is -6.27. The number of hydrogen-bond donors (Lipinski definition) is 4. The number of ketones is 1. The first-order valence-electron chi connectivity index (χ1n) is 17.5. The van der Waals surface area contributed by atoms with Crippen LogP contribution in [-0.4, -0.2) is 168 Å². The molecule has 5 unspecified atom stereocenters. The van der Waals surface area contributed by atoms with Crippen LogP contribution in [0.3, 0.4) is 0 Å². The van der Waals surface area contributed by atoms with E-state index in [1.54, 1.807) is 31.2 Å². The summed E-state index contributed by atoms with van der Waals surface area (Å²) in [5, 5.41) is 32.9. The standard InChI is InChI=1S/C35H55NO17/c1-22-29(36-23(2)38)34(51-27(18-37)30(22)39)52-28-21-47-19-26(53-43-5)20-50-31(28)33(41)49-17-15-46-13-11-44-10-12-45-14-16-48-25-8-6-24(7-9-25)32(40)35(3,4)42/h6-9,22,26-31,34,37,39,42H,10-21H2,1-5H3,(H,36,38)/t22?,26?,27?,28-,29?,30?,31+,34-/m0/s1. The molecule has 2 fully saturated rings. The van der Waals surface area contributed by atoms with Gasteiger partial charge in [-0.15, -0.1) is 0 Å². The Morgan fingerprint density at radius 1 is 0.925 bits per heavy atom. The zero-order chi connectivity index (χ0) is 38.8. The number of rotatable bonds is 22. The maximum Gasteiger partial charge on any atom is 0.338 e. The van der Waals surface area contributed by atoms with E-state index in [0.29, 0.717) is 37.7 Å². The molecule has 18 heteroatoms. The molecule has 0 aliphatic carbocycles. The van der Waals surface area contributed by atoms with Crippen molar-refractivity contribution < 1.29 is 82.1 Å². The Morgan fingerprint density at radius 2 is 1.55 bits per heavy atom. The molecule has 1 aromatic rings. The minimum absolute atomic E-state index is 0.0624. The lowest BCUT2D eigenvalue weighted by molar-refractivity contribution is -0.332. The second-order valence-corrected chi connectivity index (χ2v) is 12.9. The highest BCUT2D eigenvalue weighted by Crippen LogP contribution is 2.29. The van der Waals surface area contributed by atoms with E-state index in [1.165, 1.54) is 27.9 Å². The van der Waals surface area contributed by atoms with E-state index in [-0.39, 0.29) is 57.9 Å². The Balaban J connectivity index is 1.35. The summed E-state index contributed by atoms with van der Waals surface area (Å²) in [7, 11) is 1.33. The Hall–Kier alpha value is -2.85. The number of benzene rings is 1. The van der Waals surface area contributed by atoms with Crippen molar-refractivity contribution in [3.8, 4) is 5.75 Å². The molecule has 1 amide bonds. The molecule has 2 aliphatic heterocycles. The number of aliphatic hydroxyl groups excluding tert-OH is 2. The van der Waals surface area contributed by atoms with E-state index in [0.717, 1.165) is 0 Å². The minimum atomic E-state index is -1.44. The van der Waals surface area contributed by atoms with Gasteiger partial charge in [0.2, 0.25) is 5.91 Å². The van der Waals surface area contributed by atoms with Crippen molar-refractivity contribution in [1.29, 1.82) is 0 Å². The highest BCUT2D eigenvalue weighted by atomic mass is 17.2. The minimum Gasteiger partial charge on any atom is -0.491 e. The number of ether oxygens (including phenoxy) is 9. The first kappa shape index (κ1) is 44.5. The summed E-state index contributed by atoms with van der Waals surface area (Å²) in [6, 6.07) is 5.69. The fraction of sp³-hybridized carbons (Fsp3) is 0.743. The predicted octanol–water partition coefficient (Wildman–Crippen LogP) is -0.422. The highest BCUT2D eigenvalue weighted by molar-refractivity contribution is 6.01. The third-order valence-corrected chi connectivity index (χ3v) is 8.18. The number of carbonyl (C=O) groups excluding carboxylic acids is 3. The topological polar surface area (TPSA) is 225 Å². The van der Waals surface area contributed by atoms with Gasteiger partial charge in [-0.05, 0) is 38.1 Å². The monoisotopic (exact) mass is 761 g/mol. The van der Waals surface area contributed by atoms with Crippen LogP contribution in [0, 0.1) is 5.92 Å². The number of hydrogen-bond acceptors (Lipinski definition) is 17. The van der Waals surface area contributed by atoms with Crippen LogP contribution in [0.15, 0.2) is 24.3 Å². The first-order valence-corrected chi connectivity index (χ1v) is 17.5. The van der Waals surface area contributed by atoms with Gasteiger partial charge in [0.25, 0.3) is 0 Å². The third kappa shape index (κ3) is 15.1. The van der Waals surface area contributed by atoms with Gasteiger partial charge in [0.1, 0.15) is 42.9 Å². The van der Waals surface area contributed by atoms with Gasteiger partial charge in [0.15, 0.2) is 18.2 Å². The summed E-state index contributed by atoms with van der Waals surface area (Å²) in [6.45, 7) is 6.96. The molecule has 2 heterocycles. The smallest absolute Gasteiger partial charge is 0.338 e. The number of Topliss-reactive ketones (excluding diaryl/α,β-unsaturated/α-hetero) is 1. The van der Waals surface area contributed by atoms with Crippen molar-refractivity contribution in [2.24, 2.45) is 5.92 Å². The van der Waals surface area contributed by atoms with Crippen LogP contribution in [0.25, 0.3) is 0 Å². The number of carbonyl (C=O) groups is 3. The number of nitrogens with one attached hydrogen (secondary N) is 1. The maximum atomic E-state index is 13.2. The quantitative estimate of drug-likeness (QED) is 0.0387. The first-order chi connectivity index (χ1) is 25.3. The number of esters is 1. The Kier molecular flexibility index (Phi) is 19.5. The van der Waals surface area contributed by atoms with Gasteiger partial charge in [0, 0.05) is 18.4 Å². The average Bonchev–Trinajstić information content (AvgIpc) is 3.11. The Labute approximate surface area is 309 Å². The molecular weight excluding hydrogens is 706 g/mol. The second kappa shape index (κ2) is 23.2. The van der Waals surface area contributed by atoms with Gasteiger partial charge < -0.3 is 63.3 Å². The van der Waals surface area contributed by atoms with E-state index in [9.17, 15) is 29.7 Å². The summed E-state index contributed by atoms with van der Waals surface area (Å²) < 4.78 is 51.1. The fourth-order valence-corrected chi connectivity index (χ4v) is 5.40. The molecule has 18 nitrogen and oxygen atoms in total. The van der Waals surface area contributed by atoms with Crippen molar-refractivity contribution in [1.82, 2.24) is 5.32 Å². The largest absolute Gasteiger partial charge is 0.491 e. The molecule has 0 radical (unpaired) electrons. The molecule has 3 rings (SSSR count). The predicted molar refractivity (Wildman–Crippen MR) is 182 cm³/mol. The van der Waals surface area contributed by atoms with Gasteiger partial charge in [-0.1, -0.05) is 6.92 Å². The van der Waals surface area contributed by atoms with Crippen LogP contribution in [-0.2, 0) is 57.3 Å². The Morgan fingerprint density at radius 3 is 2.13 bits per heavy atom. The molecule has 2 saturated heterocycles. The fourth-order valence-electron chi connectivity index (χ4n) is 5.40. The zero-order valence-electron chi connectivity index (χ0n) is 31.0. The lowest BCUT2D eigenvalue weighted by Crippen LogP contribution is -2.62. The molecule has 0 aromatic heterocycles. The van der Waals surface area contributed by atoms with E-state index < -0.39 is 66.9 Å². The second-order valence-electron chi connectivity index (χ2n) is 12.9. The lowest BCUT2D eigenvalue weighted by Gasteiger charge is -2.44. The highest BCUT2D eigenvalue weighted by Gasteiger charge is 2.46. The van der Waals surface area contributed by atoms with Gasteiger partial charge in [-0.25, -0.2) is 14.6 Å². The summed E-state index contributed by atoms with van der Waals surface area (Å²) in [4.78, 5) is 47.2. The van der Waals surface area contributed by atoms with Crippen LogP contribution < -0.4 is 10.1 Å². The van der Waals surface area contributed by atoms with Crippen molar-refractivity contribution in [2.75, 3.05) is 86.4 Å². The molecule has 1 aromatic carbocycles. The Bertz CT molecular complexity index is 1230. The molecule has 53 heavy (non-hydrogen) atoms. The van der Waals surface area contributed by atoms with E-state index in [2.05, 4.69) is 5.32 Å². The van der Waals surface area contributed by atoms with Gasteiger partial charge in [-0.3, -0.25) is 9.59 Å².